The number of hydrogen-bond acceptors (Lipinski definition) is 6. The van der Waals surface area contributed by atoms with E-state index in [0.29, 0.717) is 46.9 Å². The molecule has 7 nitrogen and oxygen atoms in total. The van der Waals surface area contributed by atoms with Gasteiger partial charge in [0, 0.05) is 23.7 Å². The van der Waals surface area contributed by atoms with E-state index in [1.54, 1.807) is 42.3 Å². The smallest absolute Gasteiger partial charge is 0.257 e. The molecule has 0 saturated carbocycles. The number of likely N-dealkylation sites (tertiary alicyclic amines) is 1. The van der Waals surface area contributed by atoms with E-state index in [1.165, 1.54) is 7.11 Å². The second-order valence-corrected chi connectivity index (χ2v) is 7.53. The maximum absolute atomic E-state index is 13.2. The van der Waals surface area contributed by atoms with Gasteiger partial charge in [-0.15, -0.1) is 0 Å². The van der Waals surface area contributed by atoms with E-state index in [-0.39, 0.29) is 11.8 Å². The van der Waals surface area contributed by atoms with Crippen molar-refractivity contribution in [2.24, 2.45) is 0 Å². The lowest BCUT2D eigenvalue weighted by atomic mass is 9.97. The second-order valence-electron chi connectivity index (χ2n) is 7.09. The summed E-state index contributed by atoms with van der Waals surface area (Å²) in [5, 5.41) is 4.75. The molecule has 1 amide bonds. The highest BCUT2D eigenvalue weighted by atomic mass is 35.5. The van der Waals surface area contributed by atoms with Gasteiger partial charge in [0.1, 0.15) is 0 Å². The molecule has 1 saturated heterocycles. The fraction of sp³-hybridized carbons (Fsp3) is 0.318. The summed E-state index contributed by atoms with van der Waals surface area (Å²) in [5.74, 6) is 1.90. The normalized spacial score (nSPS) is 16.4. The minimum atomic E-state index is -0.104. The number of nitrogens with zero attached hydrogens (tertiary/aromatic N) is 3. The summed E-state index contributed by atoms with van der Waals surface area (Å²) in [7, 11) is 3.08. The Morgan fingerprint density at radius 1 is 1.17 bits per heavy atom. The predicted molar refractivity (Wildman–Crippen MR) is 112 cm³/mol. The lowest BCUT2D eigenvalue weighted by Gasteiger charge is -2.31. The molecule has 0 N–H and O–H groups in total. The van der Waals surface area contributed by atoms with Crippen LogP contribution in [0.25, 0.3) is 11.4 Å². The monoisotopic (exact) mass is 427 g/mol. The molecule has 156 valence electrons. The van der Waals surface area contributed by atoms with Gasteiger partial charge in [0.15, 0.2) is 11.5 Å². The molecular formula is C22H22ClN3O4. The van der Waals surface area contributed by atoms with Crippen LogP contribution in [0, 0.1) is 0 Å². The Kier molecular flexibility index (Phi) is 5.90. The van der Waals surface area contributed by atoms with Crippen LogP contribution in [0.4, 0.5) is 0 Å². The van der Waals surface area contributed by atoms with Crippen LogP contribution in [-0.4, -0.2) is 48.3 Å². The first-order chi connectivity index (χ1) is 14.6. The number of piperidine rings is 1. The van der Waals surface area contributed by atoms with Gasteiger partial charge in [0.05, 0.1) is 25.7 Å². The fourth-order valence-electron chi connectivity index (χ4n) is 3.71. The van der Waals surface area contributed by atoms with Crippen molar-refractivity contribution in [2.75, 3.05) is 27.3 Å². The number of para-hydroxylation sites is 1. The summed E-state index contributed by atoms with van der Waals surface area (Å²) in [4.78, 5) is 19.6. The first-order valence-electron chi connectivity index (χ1n) is 9.70. The zero-order valence-corrected chi connectivity index (χ0v) is 17.6. The molecule has 1 aliphatic heterocycles. The zero-order chi connectivity index (χ0) is 21.1. The standard InChI is InChI=1S/C22H22ClN3O4/c1-28-18-7-3-6-17(19(18)29-2)22(27)26-12-4-5-15(13-26)21-24-20(25-30-21)14-8-10-16(23)11-9-14/h3,6-11,15H,4-5,12-13H2,1-2H3. The number of aromatic nitrogens is 2. The number of rotatable bonds is 5. The molecule has 3 aromatic rings. The summed E-state index contributed by atoms with van der Waals surface area (Å²) in [6.07, 6.45) is 1.72. The van der Waals surface area contributed by atoms with Crippen LogP contribution in [0.15, 0.2) is 47.0 Å². The zero-order valence-electron chi connectivity index (χ0n) is 16.8. The molecule has 1 atom stereocenters. The minimum absolute atomic E-state index is 0.0205. The van der Waals surface area contributed by atoms with Gasteiger partial charge < -0.3 is 18.9 Å². The van der Waals surface area contributed by atoms with E-state index in [1.807, 2.05) is 12.1 Å². The number of halogens is 1. The number of ether oxygens (including phenoxy) is 2. The van der Waals surface area contributed by atoms with Gasteiger partial charge in [-0.2, -0.15) is 4.98 Å². The first-order valence-corrected chi connectivity index (χ1v) is 10.1. The third-order valence-corrected chi connectivity index (χ3v) is 5.49. The lowest BCUT2D eigenvalue weighted by Crippen LogP contribution is -2.39. The molecule has 30 heavy (non-hydrogen) atoms. The van der Waals surface area contributed by atoms with E-state index in [0.717, 1.165) is 18.4 Å². The van der Waals surface area contributed by atoms with Crippen LogP contribution >= 0.6 is 11.6 Å². The quantitative estimate of drug-likeness (QED) is 0.599. The molecule has 1 unspecified atom stereocenters. The highest BCUT2D eigenvalue weighted by molar-refractivity contribution is 6.30. The number of amides is 1. The van der Waals surface area contributed by atoms with Crippen molar-refractivity contribution >= 4 is 17.5 Å². The molecule has 2 heterocycles. The van der Waals surface area contributed by atoms with Crippen LogP contribution in [0.3, 0.4) is 0 Å². The SMILES string of the molecule is COc1cccc(C(=O)N2CCCC(c3nc(-c4ccc(Cl)cc4)no3)C2)c1OC. The maximum atomic E-state index is 13.2. The largest absolute Gasteiger partial charge is 0.493 e. The van der Waals surface area contributed by atoms with Gasteiger partial charge in [0.25, 0.3) is 5.91 Å². The Balaban J connectivity index is 1.53. The Morgan fingerprint density at radius 3 is 2.70 bits per heavy atom. The highest BCUT2D eigenvalue weighted by Gasteiger charge is 2.31. The molecule has 0 radical (unpaired) electrons. The minimum Gasteiger partial charge on any atom is -0.493 e. The molecule has 0 spiro atoms. The van der Waals surface area contributed by atoms with E-state index < -0.39 is 0 Å². The number of carbonyl (C=O) groups is 1. The third-order valence-electron chi connectivity index (χ3n) is 5.24. The second kappa shape index (κ2) is 8.75. The Morgan fingerprint density at radius 2 is 1.97 bits per heavy atom. The van der Waals surface area contributed by atoms with Crippen molar-refractivity contribution in [2.45, 2.75) is 18.8 Å². The van der Waals surface area contributed by atoms with Gasteiger partial charge in [0.2, 0.25) is 11.7 Å². The molecule has 1 fully saturated rings. The van der Waals surface area contributed by atoms with E-state index in [2.05, 4.69) is 10.1 Å². The van der Waals surface area contributed by atoms with Crippen LogP contribution in [0.5, 0.6) is 11.5 Å². The molecule has 8 heteroatoms. The van der Waals surface area contributed by atoms with Crippen molar-refractivity contribution in [3.8, 4) is 22.9 Å². The number of hydrogen-bond donors (Lipinski definition) is 0. The molecule has 1 aliphatic rings. The van der Waals surface area contributed by atoms with Gasteiger partial charge >= 0.3 is 0 Å². The Labute approximate surface area is 179 Å². The summed E-state index contributed by atoms with van der Waals surface area (Å²) >= 11 is 5.94. The van der Waals surface area contributed by atoms with Crippen LogP contribution < -0.4 is 9.47 Å². The molecular weight excluding hydrogens is 406 g/mol. The maximum Gasteiger partial charge on any atom is 0.257 e. The lowest BCUT2D eigenvalue weighted by molar-refractivity contribution is 0.0691. The topological polar surface area (TPSA) is 77.7 Å². The van der Waals surface area contributed by atoms with E-state index >= 15 is 0 Å². The van der Waals surface area contributed by atoms with Crippen molar-refractivity contribution in [1.82, 2.24) is 15.0 Å². The Bertz CT molecular complexity index is 1040. The molecule has 0 aliphatic carbocycles. The number of methoxy groups -OCH3 is 2. The molecule has 4 rings (SSSR count). The van der Waals surface area contributed by atoms with Crippen molar-refractivity contribution in [1.29, 1.82) is 0 Å². The summed E-state index contributed by atoms with van der Waals surface area (Å²) in [5.41, 5.74) is 1.31. The summed E-state index contributed by atoms with van der Waals surface area (Å²) in [6, 6.07) is 12.6. The molecule has 1 aromatic heterocycles. The average Bonchev–Trinajstić information content (AvgIpc) is 3.29. The number of carbonyl (C=O) groups excluding carboxylic acids is 1. The summed E-state index contributed by atoms with van der Waals surface area (Å²) in [6.45, 7) is 1.16. The van der Waals surface area contributed by atoms with Gasteiger partial charge in [-0.1, -0.05) is 22.8 Å². The number of benzene rings is 2. The first kappa shape index (κ1) is 20.2. The van der Waals surface area contributed by atoms with Crippen molar-refractivity contribution < 1.29 is 18.8 Å². The highest BCUT2D eigenvalue weighted by Crippen LogP contribution is 2.34. The summed E-state index contributed by atoms with van der Waals surface area (Å²) < 4.78 is 16.3. The molecule has 0 bridgehead atoms. The third kappa shape index (κ3) is 3.98. The van der Waals surface area contributed by atoms with Gasteiger partial charge in [-0.25, -0.2) is 0 Å². The van der Waals surface area contributed by atoms with Crippen molar-refractivity contribution in [3.63, 3.8) is 0 Å². The average molecular weight is 428 g/mol. The van der Waals surface area contributed by atoms with E-state index in [4.69, 9.17) is 25.6 Å². The fourth-order valence-corrected chi connectivity index (χ4v) is 3.83. The van der Waals surface area contributed by atoms with Gasteiger partial charge in [-0.3, -0.25) is 4.79 Å². The van der Waals surface area contributed by atoms with Crippen LogP contribution in [0.2, 0.25) is 5.02 Å². The van der Waals surface area contributed by atoms with Crippen LogP contribution in [0.1, 0.15) is 35.0 Å². The molecule has 2 aromatic carbocycles. The Hall–Kier alpha value is -3.06. The predicted octanol–water partition coefficient (Wildman–Crippen LogP) is 4.43. The van der Waals surface area contributed by atoms with E-state index in [9.17, 15) is 4.79 Å². The van der Waals surface area contributed by atoms with Crippen molar-refractivity contribution in [3.05, 3.63) is 58.9 Å². The van der Waals surface area contributed by atoms with Gasteiger partial charge in [-0.05, 0) is 49.2 Å². The van der Waals surface area contributed by atoms with Crippen LogP contribution in [-0.2, 0) is 0 Å².